The number of carboxylic acids is 1. The topological polar surface area (TPSA) is 416 Å². The van der Waals surface area contributed by atoms with E-state index in [0.29, 0.717) is 86.4 Å². The number of thioether (sulfide) groups is 1. The van der Waals surface area contributed by atoms with E-state index >= 15 is 14.4 Å². The third-order valence-corrected chi connectivity index (χ3v) is 18.8. The van der Waals surface area contributed by atoms with Gasteiger partial charge in [0.05, 0.1) is 44.2 Å². The number of aliphatic carboxylic acids is 1. The molecule has 0 saturated carbocycles. The molecule has 584 valence electrons. The molecule has 1 atom stereocenters. The molecular weight excluding hydrogens is 1410 g/mol. The van der Waals surface area contributed by atoms with Crippen molar-refractivity contribution in [1.29, 1.82) is 0 Å². The normalized spacial score (nSPS) is 11.8. The van der Waals surface area contributed by atoms with Crippen LogP contribution in [0, 0.1) is 0 Å². The highest BCUT2D eigenvalue weighted by atomic mass is 32.2. The van der Waals surface area contributed by atoms with Crippen LogP contribution in [-0.2, 0) is 93.2 Å². The Morgan fingerprint density at radius 3 is 1.37 bits per heavy atom. The number of carbonyl (C=O) groups is 10. The monoisotopic (exact) mass is 1520 g/mol. The number of fused-ring (bicyclic) bond motifs is 1. The number of hydrogen-bond acceptors (Lipinski definition) is 21. The number of carbonyl (C=O) groups excluding carboxylic acids is 9. The van der Waals surface area contributed by atoms with Gasteiger partial charge < -0.3 is 91.1 Å². The van der Waals surface area contributed by atoms with E-state index in [4.69, 9.17) is 41.3 Å². The molecule has 0 radical (unpaired) electrons. The summed E-state index contributed by atoms with van der Waals surface area (Å²) >= 11 is 1.40. The predicted molar refractivity (Wildman–Crippen MR) is 399 cm³/mol. The summed E-state index contributed by atoms with van der Waals surface area (Å²) in [6.45, 7) is -0.981. The second-order valence-electron chi connectivity index (χ2n) is 25.3. The average Bonchev–Trinajstić information content (AvgIpc) is 1.16. The van der Waals surface area contributed by atoms with Gasteiger partial charge in [0.2, 0.25) is 70.0 Å². The summed E-state index contributed by atoms with van der Waals surface area (Å²) in [5.74, 6) is -6.04. The standard InChI is InChI=1S/C73H108N14O17S2/c1-4-101-53-86(65(89)43-78-35-28-56-18-8-6-9-19-56)51-69(93)82(38-17-14-34-76)47-67(91)84(39-29-57-20-10-7-11-21-57)49-72(96)87(54-102-5-2)52-70(94)83(40-30-58-22-25-60(26-23-58)106(77,99)100)48-71(95)85(44-59-24-27-62-63(42-59)104-55-103-62)50-68(92)81(37-16-13-33-75)46-66(90)80(36-15-12-32-74)45-64(88)79-61(73(97)98)31-41-105-3/h6-11,18-27,42,61,78H,4-5,12-17,28-41,43-55,74-76H2,1-3H3,(H,79,88)(H,97,98)(H2,77,99,100). The molecule has 0 fully saturated rings. The van der Waals surface area contributed by atoms with E-state index in [2.05, 4.69) is 10.6 Å². The third-order valence-electron chi connectivity index (χ3n) is 17.2. The lowest BCUT2D eigenvalue weighted by atomic mass is 10.1. The van der Waals surface area contributed by atoms with E-state index in [-0.39, 0.29) is 110 Å². The Balaban J connectivity index is 1.48. The van der Waals surface area contributed by atoms with Crippen molar-refractivity contribution in [2.24, 2.45) is 22.3 Å². The maximum atomic E-state index is 15.4. The molecule has 0 bridgehead atoms. The minimum Gasteiger partial charge on any atom is -0.480 e. The lowest BCUT2D eigenvalue weighted by Gasteiger charge is -2.33. The number of nitrogens with zero attached hydrogens (tertiary/aromatic N) is 8. The van der Waals surface area contributed by atoms with Gasteiger partial charge in [-0.1, -0.05) is 78.9 Å². The number of primary sulfonamides is 1. The van der Waals surface area contributed by atoms with Crippen molar-refractivity contribution in [2.45, 2.75) is 95.5 Å². The zero-order chi connectivity index (χ0) is 77.2. The Morgan fingerprint density at radius 2 is 0.906 bits per heavy atom. The molecule has 31 nitrogen and oxygen atoms in total. The van der Waals surface area contributed by atoms with Gasteiger partial charge in [-0.3, -0.25) is 43.2 Å². The first kappa shape index (κ1) is 87.8. The fraction of sp³-hybridized carbons (Fsp3) is 0.534. The molecule has 1 unspecified atom stereocenters. The number of hydrogen-bond donors (Lipinski definition) is 7. The number of nitrogens with two attached hydrogens (primary N) is 4. The molecule has 11 N–H and O–H groups in total. The van der Waals surface area contributed by atoms with Crippen molar-refractivity contribution in [3.8, 4) is 11.5 Å². The fourth-order valence-electron chi connectivity index (χ4n) is 11.1. The zero-order valence-electron chi connectivity index (χ0n) is 61.3. The largest absolute Gasteiger partial charge is 0.480 e. The summed E-state index contributed by atoms with van der Waals surface area (Å²) in [7, 11) is -4.11. The summed E-state index contributed by atoms with van der Waals surface area (Å²) < 4.78 is 47.3. The first-order valence-corrected chi connectivity index (χ1v) is 38.7. The second-order valence-corrected chi connectivity index (χ2v) is 27.8. The predicted octanol–water partition coefficient (Wildman–Crippen LogP) is 1.04. The second kappa shape index (κ2) is 48.4. The van der Waals surface area contributed by atoms with Gasteiger partial charge in [-0.05, 0) is 163 Å². The third kappa shape index (κ3) is 32.1. The number of unbranched alkanes of at least 4 members (excludes halogenated alkanes) is 3. The number of nitrogens with one attached hydrogen (secondary N) is 2. The number of carboxylic acid groups (broad SMARTS) is 1. The van der Waals surface area contributed by atoms with Crippen molar-refractivity contribution in [2.75, 3.05) is 163 Å². The van der Waals surface area contributed by atoms with Crippen LogP contribution >= 0.6 is 11.8 Å². The maximum absolute atomic E-state index is 15.4. The molecule has 0 aromatic heterocycles. The van der Waals surface area contributed by atoms with Gasteiger partial charge in [0.15, 0.2) is 11.5 Å². The summed E-state index contributed by atoms with van der Waals surface area (Å²) in [6, 6.07) is 28.2. The molecule has 33 heteroatoms. The molecule has 4 aromatic rings. The number of benzene rings is 4. The van der Waals surface area contributed by atoms with Crippen LogP contribution in [0.3, 0.4) is 0 Å². The van der Waals surface area contributed by atoms with Crippen LogP contribution in [0.15, 0.2) is 108 Å². The highest BCUT2D eigenvalue weighted by Gasteiger charge is 2.33. The Labute approximate surface area is 626 Å². The lowest BCUT2D eigenvalue weighted by molar-refractivity contribution is -0.151. The minimum absolute atomic E-state index is 0.0154. The van der Waals surface area contributed by atoms with E-state index in [1.165, 1.54) is 70.3 Å². The summed E-state index contributed by atoms with van der Waals surface area (Å²) in [6.07, 6.45) is 5.38. The van der Waals surface area contributed by atoms with E-state index in [1.807, 2.05) is 60.7 Å². The van der Waals surface area contributed by atoms with Crippen LogP contribution in [0.25, 0.3) is 0 Å². The summed E-state index contributed by atoms with van der Waals surface area (Å²) in [5, 5.41) is 20.9. The van der Waals surface area contributed by atoms with Crippen LogP contribution in [0.4, 0.5) is 0 Å². The molecule has 1 heterocycles. The molecule has 1 aliphatic rings. The number of ether oxygens (including phenoxy) is 4. The number of sulfonamides is 1. The van der Waals surface area contributed by atoms with Crippen LogP contribution in [0.1, 0.15) is 81.0 Å². The first-order valence-electron chi connectivity index (χ1n) is 35.8. The van der Waals surface area contributed by atoms with Gasteiger partial charge >= 0.3 is 5.97 Å². The lowest BCUT2D eigenvalue weighted by Crippen LogP contribution is -2.53. The molecule has 0 aliphatic carbocycles. The molecule has 0 spiro atoms. The highest BCUT2D eigenvalue weighted by molar-refractivity contribution is 7.98. The summed E-state index contributed by atoms with van der Waals surface area (Å²) in [4.78, 5) is 153. The van der Waals surface area contributed by atoms with Gasteiger partial charge in [0, 0.05) is 52.5 Å². The number of amides is 9. The van der Waals surface area contributed by atoms with Crippen molar-refractivity contribution < 1.29 is 80.4 Å². The average molecular weight is 1520 g/mol. The maximum Gasteiger partial charge on any atom is 0.326 e. The Hall–Kier alpha value is -8.80. The molecular formula is C73H108N14O17S2. The molecule has 4 aromatic carbocycles. The van der Waals surface area contributed by atoms with Crippen molar-refractivity contribution in [3.05, 3.63) is 125 Å². The quantitative estimate of drug-likeness (QED) is 0.0240. The number of rotatable bonds is 53. The van der Waals surface area contributed by atoms with Gasteiger partial charge in [-0.15, -0.1) is 0 Å². The van der Waals surface area contributed by atoms with Crippen LogP contribution in [0.5, 0.6) is 11.5 Å². The molecule has 0 saturated heterocycles. The highest BCUT2D eigenvalue weighted by Crippen LogP contribution is 2.33. The van der Waals surface area contributed by atoms with Gasteiger partial charge in [0.1, 0.15) is 39.1 Å². The van der Waals surface area contributed by atoms with Crippen LogP contribution in [0.2, 0.25) is 0 Å². The van der Waals surface area contributed by atoms with Crippen LogP contribution < -0.4 is 42.4 Å². The molecule has 1 aliphatic heterocycles. The molecule has 9 amide bonds. The van der Waals surface area contributed by atoms with Crippen molar-refractivity contribution >= 4 is 80.9 Å². The Morgan fingerprint density at radius 1 is 0.500 bits per heavy atom. The van der Waals surface area contributed by atoms with Gasteiger partial charge in [-0.2, -0.15) is 11.8 Å². The minimum atomic E-state index is -4.11. The van der Waals surface area contributed by atoms with Gasteiger partial charge in [0.25, 0.3) is 0 Å². The molecule has 106 heavy (non-hydrogen) atoms. The zero-order valence-corrected chi connectivity index (χ0v) is 63.0. The van der Waals surface area contributed by atoms with Crippen LogP contribution in [-0.4, -0.2) is 281 Å². The van der Waals surface area contributed by atoms with E-state index in [1.54, 1.807) is 38.3 Å². The SMILES string of the molecule is CCOCN(CC(=O)N(CCCCN)CC(=O)N(CCc1ccccc1)CC(=O)N(COCC)CC(=O)N(CCc1ccc(S(N)(=O)=O)cc1)CC(=O)N(CC(=O)N(CCCCN)CC(=O)N(CCCCN)CC(=O)NC(CCSC)C(=O)O)Cc1ccc2c(c1)OCO2)C(=O)CNCCc1ccccc1. The first-order chi connectivity index (χ1) is 51.0. The molecule has 5 rings (SSSR count). The van der Waals surface area contributed by atoms with Crippen molar-refractivity contribution in [3.63, 3.8) is 0 Å². The van der Waals surface area contributed by atoms with E-state index < -0.39 is 134 Å². The summed E-state index contributed by atoms with van der Waals surface area (Å²) in [5.41, 5.74) is 20.5. The Kier molecular flexibility index (Phi) is 40.1. The van der Waals surface area contributed by atoms with Gasteiger partial charge in [-0.25, -0.2) is 18.4 Å². The van der Waals surface area contributed by atoms with Crippen molar-refractivity contribution in [1.82, 2.24) is 49.8 Å². The van der Waals surface area contributed by atoms with E-state index in [9.17, 15) is 47.1 Å². The Bertz CT molecular complexity index is 3530. The van der Waals surface area contributed by atoms with E-state index in [0.717, 1.165) is 16.0 Å². The smallest absolute Gasteiger partial charge is 0.326 e. The fourth-order valence-corrected chi connectivity index (χ4v) is 12.0.